The first kappa shape index (κ1) is 18.4. The minimum Gasteiger partial charge on any atom is -0.394 e. The van der Waals surface area contributed by atoms with Crippen molar-refractivity contribution in [1.29, 1.82) is 0 Å². The summed E-state index contributed by atoms with van der Waals surface area (Å²) in [5, 5.41) is 24.0. The number of carbonyl (C=O) groups is 1. The van der Waals surface area contributed by atoms with Crippen molar-refractivity contribution in [2.45, 2.75) is 39.7 Å². The van der Waals surface area contributed by atoms with Crippen molar-refractivity contribution in [2.75, 3.05) is 13.2 Å². The van der Waals surface area contributed by atoms with Crippen LogP contribution < -0.4 is 0 Å². The molecule has 0 amide bonds. The maximum absolute atomic E-state index is 10.0. The molecule has 4 heteroatoms. The Morgan fingerprint density at radius 1 is 1.18 bits per heavy atom. The molecule has 17 heavy (non-hydrogen) atoms. The third-order valence-electron chi connectivity index (χ3n) is 1.87. The van der Waals surface area contributed by atoms with E-state index in [1.54, 1.807) is 6.08 Å². The topological polar surface area (TPSA) is 77.8 Å². The lowest BCUT2D eigenvalue weighted by molar-refractivity contribution is -0.104. The summed E-state index contributed by atoms with van der Waals surface area (Å²) in [7, 11) is 0. The van der Waals surface area contributed by atoms with E-state index in [2.05, 4.69) is 19.9 Å². The van der Waals surface area contributed by atoms with Gasteiger partial charge in [0.25, 0.3) is 0 Å². The Kier molecular flexibility index (Phi) is 14.2. The van der Waals surface area contributed by atoms with Gasteiger partial charge in [-0.15, -0.1) is 0 Å². The summed E-state index contributed by atoms with van der Waals surface area (Å²) in [6, 6.07) is 0. The number of aldehydes is 1. The number of allylic oxidation sites excluding steroid dienone is 4. The van der Waals surface area contributed by atoms with Crippen LogP contribution in [-0.4, -0.2) is 40.9 Å². The summed E-state index contributed by atoms with van der Waals surface area (Å²) in [6.45, 7) is 5.41. The Bertz CT molecular complexity index is 236. The van der Waals surface area contributed by atoms with Crippen LogP contribution in [0.3, 0.4) is 0 Å². The van der Waals surface area contributed by atoms with E-state index in [9.17, 15) is 4.79 Å². The van der Waals surface area contributed by atoms with Crippen LogP contribution in [0.5, 0.6) is 0 Å². The van der Waals surface area contributed by atoms with Crippen molar-refractivity contribution >= 4 is 6.29 Å². The normalized spacial score (nSPS) is 10.6. The van der Waals surface area contributed by atoms with Crippen molar-refractivity contribution in [2.24, 2.45) is 0 Å². The standard InChI is InChI=1S/C10H16O.C3H8O3/c1-9(2)5-4-6-10(3)7-8-11;4-1-3(6)2-5/h5,7-8H,4,6H2,1-3H3;3-6H,1-2H2/b10-7+;. The average Bonchev–Trinajstić information content (AvgIpc) is 2.28. The molecule has 0 unspecified atom stereocenters. The highest BCUT2D eigenvalue weighted by atomic mass is 16.3. The molecule has 100 valence electrons. The molecule has 0 bridgehead atoms. The predicted molar refractivity (Wildman–Crippen MR) is 68.7 cm³/mol. The van der Waals surface area contributed by atoms with Crippen LogP contribution >= 0.6 is 0 Å². The highest BCUT2D eigenvalue weighted by Crippen LogP contribution is 2.05. The summed E-state index contributed by atoms with van der Waals surface area (Å²) in [5.74, 6) is 0. The number of aliphatic hydroxyl groups excluding tert-OH is 3. The van der Waals surface area contributed by atoms with E-state index < -0.39 is 6.10 Å². The van der Waals surface area contributed by atoms with Crippen LogP contribution in [0.15, 0.2) is 23.3 Å². The summed E-state index contributed by atoms with van der Waals surface area (Å²) < 4.78 is 0. The molecule has 0 rings (SSSR count). The van der Waals surface area contributed by atoms with E-state index in [4.69, 9.17) is 15.3 Å². The van der Waals surface area contributed by atoms with E-state index in [1.807, 2.05) is 6.92 Å². The van der Waals surface area contributed by atoms with Crippen molar-refractivity contribution < 1.29 is 20.1 Å². The molecule has 0 saturated carbocycles. The molecule has 0 fully saturated rings. The van der Waals surface area contributed by atoms with Crippen LogP contribution in [0.25, 0.3) is 0 Å². The highest BCUT2D eigenvalue weighted by molar-refractivity contribution is 5.65. The lowest BCUT2D eigenvalue weighted by atomic mass is 10.1. The fourth-order valence-corrected chi connectivity index (χ4v) is 0.846. The van der Waals surface area contributed by atoms with E-state index in [1.165, 1.54) is 5.57 Å². The van der Waals surface area contributed by atoms with Gasteiger partial charge in [-0.1, -0.05) is 17.2 Å². The maximum Gasteiger partial charge on any atom is 0.142 e. The van der Waals surface area contributed by atoms with Gasteiger partial charge in [0, 0.05) is 0 Å². The zero-order valence-electron chi connectivity index (χ0n) is 10.9. The largest absolute Gasteiger partial charge is 0.394 e. The second-order valence-corrected chi connectivity index (χ2v) is 3.99. The molecule has 0 heterocycles. The molecule has 0 aliphatic heterocycles. The predicted octanol–water partition coefficient (Wildman–Crippen LogP) is 1.21. The Morgan fingerprint density at radius 3 is 2.00 bits per heavy atom. The van der Waals surface area contributed by atoms with Gasteiger partial charge in [0.05, 0.1) is 13.2 Å². The first-order chi connectivity index (χ1) is 7.97. The van der Waals surface area contributed by atoms with Crippen LogP contribution in [0.4, 0.5) is 0 Å². The summed E-state index contributed by atoms with van der Waals surface area (Å²) >= 11 is 0. The Morgan fingerprint density at radius 2 is 1.71 bits per heavy atom. The zero-order valence-corrected chi connectivity index (χ0v) is 10.9. The first-order valence-electron chi connectivity index (χ1n) is 5.62. The molecule has 0 saturated heterocycles. The smallest absolute Gasteiger partial charge is 0.142 e. The average molecular weight is 244 g/mol. The third-order valence-corrected chi connectivity index (χ3v) is 1.87. The highest BCUT2D eigenvalue weighted by Gasteiger charge is 1.93. The second kappa shape index (κ2) is 13.1. The zero-order chi connectivity index (χ0) is 13.7. The summed E-state index contributed by atoms with van der Waals surface area (Å²) in [4.78, 5) is 10.0. The molecule has 4 nitrogen and oxygen atoms in total. The van der Waals surface area contributed by atoms with Gasteiger partial charge >= 0.3 is 0 Å². The summed E-state index contributed by atoms with van der Waals surface area (Å²) in [5.41, 5.74) is 2.49. The van der Waals surface area contributed by atoms with Crippen LogP contribution in [0, 0.1) is 0 Å². The van der Waals surface area contributed by atoms with Gasteiger partial charge in [-0.3, -0.25) is 4.79 Å². The van der Waals surface area contributed by atoms with Crippen LogP contribution in [0.1, 0.15) is 33.6 Å². The van der Waals surface area contributed by atoms with Gasteiger partial charge in [0.1, 0.15) is 12.4 Å². The van der Waals surface area contributed by atoms with Gasteiger partial charge in [-0.2, -0.15) is 0 Å². The van der Waals surface area contributed by atoms with Crippen molar-refractivity contribution in [3.63, 3.8) is 0 Å². The molecule has 0 aromatic rings. The molecule has 0 spiro atoms. The third kappa shape index (κ3) is 17.6. The van der Waals surface area contributed by atoms with Gasteiger partial charge in [0.2, 0.25) is 0 Å². The quantitative estimate of drug-likeness (QED) is 0.373. The van der Waals surface area contributed by atoms with Crippen LogP contribution in [-0.2, 0) is 4.79 Å². The molecule has 0 aromatic carbocycles. The molecule has 3 N–H and O–H groups in total. The van der Waals surface area contributed by atoms with Crippen molar-refractivity contribution in [1.82, 2.24) is 0 Å². The number of hydrogen-bond donors (Lipinski definition) is 3. The molecular weight excluding hydrogens is 220 g/mol. The monoisotopic (exact) mass is 244 g/mol. The van der Waals surface area contributed by atoms with Crippen molar-refractivity contribution in [3.05, 3.63) is 23.3 Å². The first-order valence-corrected chi connectivity index (χ1v) is 5.62. The minimum absolute atomic E-state index is 0.365. The molecule has 0 radical (unpaired) electrons. The maximum atomic E-state index is 10.0. The molecular formula is C13H24O4. The van der Waals surface area contributed by atoms with Gasteiger partial charge in [-0.25, -0.2) is 0 Å². The van der Waals surface area contributed by atoms with Gasteiger partial charge in [0.15, 0.2) is 0 Å². The van der Waals surface area contributed by atoms with Gasteiger partial charge < -0.3 is 15.3 Å². The SMILES string of the molecule is CC(C)=CCC/C(C)=C/C=O.OCC(O)CO. The Labute approximate surface area is 103 Å². The lowest BCUT2D eigenvalue weighted by Gasteiger charge is -1.96. The fraction of sp³-hybridized carbons (Fsp3) is 0.615. The summed E-state index contributed by atoms with van der Waals surface area (Å²) in [6.07, 6.45) is 5.73. The molecule has 0 atom stereocenters. The molecule has 0 aromatic heterocycles. The number of hydrogen-bond acceptors (Lipinski definition) is 4. The Balaban J connectivity index is 0. The van der Waals surface area contributed by atoms with Crippen LogP contribution in [0.2, 0.25) is 0 Å². The minimum atomic E-state index is -0.954. The van der Waals surface area contributed by atoms with E-state index in [0.717, 1.165) is 24.7 Å². The number of aliphatic hydroxyl groups is 3. The van der Waals surface area contributed by atoms with E-state index in [-0.39, 0.29) is 13.2 Å². The van der Waals surface area contributed by atoms with E-state index in [0.29, 0.717) is 0 Å². The van der Waals surface area contributed by atoms with Crippen molar-refractivity contribution in [3.8, 4) is 0 Å². The fourth-order valence-electron chi connectivity index (χ4n) is 0.846. The molecule has 0 aliphatic carbocycles. The molecule has 0 aliphatic rings. The van der Waals surface area contributed by atoms with Gasteiger partial charge in [-0.05, 0) is 39.7 Å². The number of carbonyl (C=O) groups excluding carboxylic acids is 1. The van der Waals surface area contributed by atoms with E-state index >= 15 is 0 Å². The Hall–Kier alpha value is -0.970. The number of rotatable bonds is 6. The lowest BCUT2D eigenvalue weighted by Crippen LogP contribution is -2.15. The second-order valence-electron chi connectivity index (χ2n) is 3.99.